The summed E-state index contributed by atoms with van der Waals surface area (Å²) < 4.78 is 13.2. The second kappa shape index (κ2) is 7.57. The Morgan fingerprint density at radius 1 is 1.17 bits per heavy atom. The second-order valence-electron chi connectivity index (χ2n) is 7.73. The highest BCUT2D eigenvalue weighted by Gasteiger charge is 2.39. The number of methoxy groups -OCH3 is 1. The van der Waals surface area contributed by atoms with Crippen molar-refractivity contribution in [2.45, 2.75) is 25.0 Å². The maximum absolute atomic E-state index is 12.7. The molecule has 30 heavy (non-hydrogen) atoms. The summed E-state index contributed by atoms with van der Waals surface area (Å²) in [5.41, 5.74) is 3.95. The van der Waals surface area contributed by atoms with Crippen LogP contribution in [0.25, 0.3) is 11.3 Å². The number of pyridine rings is 1. The van der Waals surface area contributed by atoms with Crippen LogP contribution in [0.2, 0.25) is 0 Å². The minimum atomic E-state index is -0.0733. The van der Waals surface area contributed by atoms with Gasteiger partial charge in [-0.15, -0.1) is 0 Å². The molecule has 2 atom stereocenters. The van der Waals surface area contributed by atoms with Gasteiger partial charge >= 0.3 is 0 Å². The molecular formula is C23H24N4O3. The first-order valence-corrected chi connectivity index (χ1v) is 10.2. The molecule has 3 aromatic rings. The summed E-state index contributed by atoms with van der Waals surface area (Å²) in [7, 11) is 3.47. The van der Waals surface area contributed by atoms with Gasteiger partial charge in [-0.2, -0.15) is 0 Å². The molecule has 3 heterocycles. The Hall–Kier alpha value is -3.19. The van der Waals surface area contributed by atoms with Gasteiger partial charge in [0.1, 0.15) is 11.9 Å². The molecular weight excluding hydrogens is 380 g/mol. The van der Waals surface area contributed by atoms with Crippen LogP contribution < -0.4 is 15.2 Å². The van der Waals surface area contributed by atoms with E-state index in [1.54, 1.807) is 37.2 Å². The van der Waals surface area contributed by atoms with Crippen molar-refractivity contribution < 1.29 is 9.47 Å². The second-order valence-corrected chi connectivity index (χ2v) is 7.73. The number of rotatable bonds is 3. The van der Waals surface area contributed by atoms with Gasteiger partial charge in [0.15, 0.2) is 0 Å². The lowest BCUT2D eigenvalue weighted by atomic mass is 9.84. The Morgan fingerprint density at radius 3 is 2.80 bits per heavy atom. The van der Waals surface area contributed by atoms with Crippen LogP contribution in [-0.4, -0.2) is 40.8 Å². The van der Waals surface area contributed by atoms with Crippen molar-refractivity contribution >= 4 is 5.95 Å². The minimum absolute atomic E-state index is 0.0464. The largest absolute Gasteiger partial charge is 0.497 e. The number of fused-ring (bicyclic) bond motifs is 3. The van der Waals surface area contributed by atoms with Crippen LogP contribution in [-0.2, 0) is 18.2 Å². The summed E-state index contributed by atoms with van der Waals surface area (Å²) >= 11 is 0. The third-order valence-electron chi connectivity index (χ3n) is 6.09. The Balaban J connectivity index is 1.55. The molecule has 0 unspecified atom stereocenters. The highest BCUT2D eigenvalue weighted by molar-refractivity contribution is 5.60. The van der Waals surface area contributed by atoms with E-state index >= 15 is 0 Å². The van der Waals surface area contributed by atoms with Gasteiger partial charge in [0.2, 0.25) is 5.95 Å². The van der Waals surface area contributed by atoms with Gasteiger partial charge in [-0.05, 0) is 48.2 Å². The van der Waals surface area contributed by atoms with E-state index in [9.17, 15) is 4.79 Å². The van der Waals surface area contributed by atoms with Crippen LogP contribution >= 0.6 is 0 Å². The zero-order valence-corrected chi connectivity index (χ0v) is 17.1. The molecule has 0 N–H and O–H groups in total. The van der Waals surface area contributed by atoms with Crippen LogP contribution in [0, 0.1) is 0 Å². The van der Waals surface area contributed by atoms with Crippen LogP contribution in [0.5, 0.6) is 5.75 Å². The lowest BCUT2D eigenvalue weighted by Crippen LogP contribution is -2.51. The Kier molecular flexibility index (Phi) is 4.75. The van der Waals surface area contributed by atoms with Crippen molar-refractivity contribution in [2.24, 2.45) is 7.05 Å². The average Bonchev–Trinajstić information content (AvgIpc) is 2.80. The standard InChI is InChI=1S/C23H24N4O3/c1-26-21(28)14-19(15-7-9-24-10-8-15)25-23(26)27-11-12-30-22-18-5-4-17(29-2)13-16(18)3-6-20(22)27/h4-5,7-10,13-14,20,22H,3,6,11-12H2,1-2H3/t20-,22-/m0/s1. The first kappa shape index (κ1) is 18.8. The molecule has 1 aliphatic carbocycles. The number of nitrogens with zero attached hydrogens (tertiary/aromatic N) is 4. The van der Waals surface area contributed by atoms with E-state index < -0.39 is 0 Å². The zero-order valence-electron chi connectivity index (χ0n) is 17.1. The average molecular weight is 404 g/mol. The lowest BCUT2D eigenvalue weighted by molar-refractivity contribution is 0.00172. The highest BCUT2D eigenvalue weighted by Crippen LogP contribution is 2.40. The number of hydrogen-bond donors (Lipinski definition) is 0. The summed E-state index contributed by atoms with van der Waals surface area (Å²) in [5.74, 6) is 1.55. The van der Waals surface area contributed by atoms with Crippen LogP contribution in [0.1, 0.15) is 23.7 Å². The highest BCUT2D eigenvalue weighted by atomic mass is 16.5. The van der Waals surface area contributed by atoms with Crippen molar-refractivity contribution in [1.29, 1.82) is 0 Å². The molecule has 2 aliphatic rings. The molecule has 1 saturated heterocycles. The molecule has 5 rings (SSSR count). The molecule has 1 aliphatic heterocycles. The van der Waals surface area contributed by atoms with Crippen molar-refractivity contribution in [2.75, 3.05) is 25.2 Å². The number of ether oxygens (including phenoxy) is 2. The fourth-order valence-corrected chi connectivity index (χ4v) is 4.53. The van der Waals surface area contributed by atoms with Crippen molar-refractivity contribution in [3.05, 3.63) is 70.3 Å². The van der Waals surface area contributed by atoms with E-state index in [-0.39, 0.29) is 17.7 Å². The third-order valence-corrected chi connectivity index (χ3v) is 6.09. The fourth-order valence-electron chi connectivity index (χ4n) is 4.53. The Labute approximate surface area is 174 Å². The number of benzene rings is 1. The summed E-state index contributed by atoms with van der Waals surface area (Å²) in [6, 6.07) is 11.7. The monoisotopic (exact) mass is 404 g/mol. The van der Waals surface area contributed by atoms with Gasteiger partial charge in [-0.3, -0.25) is 14.3 Å². The lowest BCUT2D eigenvalue weighted by Gasteiger charge is -2.45. The number of hydrogen-bond acceptors (Lipinski definition) is 6. The molecule has 0 spiro atoms. The maximum Gasteiger partial charge on any atom is 0.255 e. The third kappa shape index (κ3) is 3.15. The molecule has 7 heteroatoms. The number of anilines is 1. The molecule has 0 bridgehead atoms. The molecule has 0 amide bonds. The SMILES string of the molecule is COc1ccc2c(c1)CC[C@H]1[C@H]2OCCN1c1nc(-c2ccncc2)cc(=O)n1C. The van der Waals surface area contributed by atoms with Crippen LogP contribution in [0.4, 0.5) is 5.95 Å². The molecule has 0 saturated carbocycles. The maximum atomic E-state index is 12.7. The Morgan fingerprint density at radius 2 is 2.00 bits per heavy atom. The molecule has 7 nitrogen and oxygen atoms in total. The molecule has 1 fully saturated rings. The topological polar surface area (TPSA) is 69.5 Å². The van der Waals surface area contributed by atoms with Gasteiger partial charge in [0, 0.05) is 37.6 Å². The minimum Gasteiger partial charge on any atom is -0.497 e. The summed E-state index contributed by atoms with van der Waals surface area (Å²) in [4.78, 5) is 23.9. The predicted octanol–water partition coefficient (Wildman–Crippen LogP) is 2.74. The van der Waals surface area contributed by atoms with Gasteiger partial charge in [0.05, 0.1) is 25.5 Å². The van der Waals surface area contributed by atoms with E-state index in [1.165, 1.54) is 11.1 Å². The number of aryl methyl sites for hydroxylation is 1. The summed E-state index contributed by atoms with van der Waals surface area (Å²) in [5, 5.41) is 0. The van der Waals surface area contributed by atoms with Gasteiger partial charge in [-0.1, -0.05) is 6.07 Å². The fraction of sp³-hybridized carbons (Fsp3) is 0.348. The number of aromatic nitrogens is 3. The van der Waals surface area contributed by atoms with Gasteiger partial charge in [-0.25, -0.2) is 4.98 Å². The zero-order chi connectivity index (χ0) is 20.7. The van der Waals surface area contributed by atoms with Gasteiger partial charge < -0.3 is 14.4 Å². The van der Waals surface area contributed by atoms with Crippen LogP contribution in [0.3, 0.4) is 0 Å². The molecule has 1 aromatic carbocycles. The summed E-state index contributed by atoms with van der Waals surface area (Å²) in [6.07, 6.45) is 5.25. The first-order chi connectivity index (χ1) is 14.7. The van der Waals surface area contributed by atoms with E-state index in [0.29, 0.717) is 24.8 Å². The first-order valence-electron chi connectivity index (χ1n) is 10.2. The van der Waals surface area contributed by atoms with E-state index in [2.05, 4.69) is 22.0 Å². The summed E-state index contributed by atoms with van der Waals surface area (Å²) in [6.45, 7) is 1.29. The van der Waals surface area contributed by atoms with Crippen molar-refractivity contribution in [1.82, 2.24) is 14.5 Å². The molecule has 2 aromatic heterocycles. The predicted molar refractivity (Wildman–Crippen MR) is 114 cm³/mol. The van der Waals surface area contributed by atoms with E-state index in [4.69, 9.17) is 14.5 Å². The smallest absolute Gasteiger partial charge is 0.255 e. The molecule has 0 radical (unpaired) electrons. The number of morpholine rings is 1. The van der Waals surface area contributed by atoms with E-state index in [1.807, 2.05) is 18.2 Å². The Bertz CT molecular complexity index is 1130. The molecule has 154 valence electrons. The normalized spacial score (nSPS) is 20.4. The van der Waals surface area contributed by atoms with E-state index in [0.717, 1.165) is 24.2 Å². The van der Waals surface area contributed by atoms with Crippen LogP contribution in [0.15, 0.2) is 53.6 Å². The van der Waals surface area contributed by atoms with Crippen molar-refractivity contribution in [3.8, 4) is 17.0 Å². The van der Waals surface area contributed by atoms with Gasteiger partial charge in [0.25, 0.3) is 5.56 Å². The quantitative estimate of drug-likeness (QED) is 0.669. The van der Waals surface area contributed by atoms with Crippen molar-refractivity contribution in [3.63, 3.8) is 0 Å².